The first-order valence-electron chi connectivity index (χ1n) is 11.1. The Labute approximate surface area is 214 Å². The molecule has 1 saturated heterocycles. The first kappa shape index (κ1) is 26.2. The topological polar surface area (TPSA) is 115 Å². The number of pyridine rings is 1. The molecular weight excluding hydrogens is 566 g/mol. The molecule has 3 N–H and O–H groups in total. The summed E-state index contributed by atoms with van der Waals surface area (Å²) in [5.41, 5.74) is 8.35. The number of aromatic nitrogens is 3. The van der Waals surface area contributed by atoms with Crippen LogP contribution in [0.15, 0.2) is 36.7 Å². The van der Waals surface area contributed by atoms with Crippen molar-refractivity contribution in [3.8, 4) is 5.75 Å². The lowest BCUT2D eigenvalue weighted by Crippen LogP contribution is -2.32. The Kier molecular flexibility index (Phi) is 9.88. The number of nitrogens with one attached hydrogen (secondary N) is 1. The van der Waals surface area contributed by atoms with E-state index in [0.29, 0.717) is 29.3 Å². The maximum absolute atomic E-state index is 11.0. The van der Waals surface area contributed by atoms with Gasteiger partial charge >= 0.3 is 0 Å². The fourth-order valence-corrected chi connectivity index (χ4v) is 4.85. The molecule has 2 aliphatic rings. The van der Waals surface area contributed by atoms with Crippen molar-refractivity contribution < 1.29 is 14.3 Å². The van der Waals surface area contributed by atoms with Gasteiger partial charge in [-0.1, -0.05) is 25.1 Å². The second kappa shape index (κ2) is 12.9. The van der Waals surface area contributed by atoms with Crippen LogP contribution in [0.2, 0.25) is 0 Å². The zero-order valence-electron chi connectivity index (χ0n) is 19.3. The van der Waals surface area contributed by atoms with Gasteiger partial charge in [0.2, 0.25) is 12.3 Å². The van der Waals surface area contributed by atoms with E-state index in [1.54, 1.807) is 4.45 Å². The Morgan fingerprint density at radius 2 is 2.18 bits per heavy atom. The van der Waals surface area contributed by atoms with E-state index in [2.05, 4.69) is 50.4 Å². The van der Waals surface area contributed by atoms with Crippen LogP contribution in [0.25, 0.3) is 10.9 Å². The maximum Gasteiger partial charge on any atom is 0.221 e. The number of likely N-dealkylation sites (tertiary alicyclic amines) is 1. The SMILES string of the molecule is CC(=O)Nc1cnc(N)c2cn(PI)nc12.CC1CCCN(C=O)C1.c1ccc2c(c1)CCO2. The third-order valence-electron chi connectivity index (χ3n) is 5.41. The molecule has 2 atom stereocenters. The summed E-state index contributed by atoms with van der Waals surface area (Å²) in [7, 11) is 0. The molecule has 2 unspecified atom stereocenters. The lowest BCUT2D eigenvalue weighted by molar-refractivity contribution is -0.119. The van der Waals surface area contributed by atoms with Gasteiger partial charge in [0.15, 0.2) is 0 Å². The summed E-state index contributed by atoms with van der Waals surface area (Å²) in [6.07, 6.45) is 8.33. The molecule has 0 saturated carbocycles. The summed E-state index contributed by atoms with van der Waals surface area (Å²) in [5, 5.41) is 7.77. The molecule has 2 aromatic heterocycles. The molecule has 1 aromatic carbocycles. The fourth-order valence-electron chi connectivity index (χ4n) is 3.79. The van der Waals surface area contributed by atoms with Gasteiger partial charge in [0, 0.05) is 32.6 Å². The van der Waals surface area contributed by atoms with Crippen molar-refractivity contribution in [1.29, 1.82) is 0 Å². The molecule has 0 aliphatic carbocycles. The van der Waals surface area contributed by atoms with Gasteiger partial charge in [0.05, 0.1) is 30.3 Å². The number of amides is 2. The van der Waals surface area contributed by atoms with E-state index in [1.807, 2.05) is 29.3 Å². The first-order valence-corrected chi connectivity index (χ1v) is 15.2. The van der Waals surface area contributed by atoms with Crippen molar-refractivity contribution in [2.24, 2.45) is 5.92 Å². The lowest BCUT2D eigenvalue weighted by atomic mass is 10.0. The van der Waals surface area contributed by atoms with E-state index >= 15 is 0 Å². The third-order valence-corrected chi connectivity index (χ3v) is 7.30. The van der Waals surface area contributed by atoms with E-state index in [-0.39, 0.29) is 5.91 Å². The molecule has 34 heavy (non-hydrogen) atoms. The molecule has 0 radical (unpaired) electrons. The van der Waals surface area contributed by atoms with Gasteiger partial charge in [-0.2, -0.15) is 5.10 Å². The zero-order chi connectivity index (χ0) is 24.5. The van der Waals surface area contributed by atoms with Crippen LogP contribution >= 0.6 is 28.4 Å². The van der Waals surface area contributed by atoms with Crippen molar-refractivity contribution >= 4 is 63.1 Å². The number of rotatable bonds is 3. The van der Waals surface area contributed by atoms with Crippen LogP contribution in [0.5, 0.6) is 5.75 Å². The highest BCUT2D eigenvalue weighted by Gasteiger charge is 2.13. The highest BCUT2D eigenvalue weighted by Crippen LogP contribution is 2.30. The summed E-state index contributed by atoms with van der Waals surface area (Å²) in [6.45, 7) is 6.42. The van der Waals surface area contributed by atoms with Crippen molar-refractivity contribution in [3.63, 3.8) is 0 Å². The molecule has 2 aliphatic heterocycles. The Balaban J connectivity index is 0.000000153. The number of halogens is 1. The average Bonchev–Trinajstić information content (AvgIpc) is 3.49. The molecule has 9 nitrogen and oxygen atoms in total. The van der Waals surface area contributed by atoms with E-state index in [4.69, 9.17) is 10.5 Å². The van der Waals surface area contributed by atoms with Crippen LogP contribution in [0.3, 0.4) is 0 Å². The van der Waals surface area contributed by atoms with Gasteiger partial charge in [-0.05, 0) is 52.4 Å². The number of ether oxygens (including phenoxy) is 1. The number of hydrogen-bond acceptors (Lipinski definition) is 6. The van der Waals surface area contributed by atoms with Crippen molar-refractivity contribution in [2.75, 3.05) is 30.7 Å². The number of piperidine rings is 1. The Morgan fingerprint density at radius 3 is 2.82 bits per heavy atom. The van der Waals surface area contributed by atoms with Gasteiger partial charge in [-0.3, -0.25) is 9.59 Å². The number of anilines is 2. The smallest absolute Gasteiger partial charge is 0.221 e. The third kappa shape index (κ3) is 7.27. The molecule has 0 spiro atoms. The van der Waals surface area contributed by atoms with E-state index in [1.165, 1.54) is 31.5 Å². The lowest BCUT2D eigenvalue weighted by Gasteiger charge is -2.27. The summed E-state index contributed by atoms with van der Waals surface area (Å²) >= 11 is 2.22. The number of nitrogens with two attached hydrogens (primary N) is 1. The fraction of sp³-hybridized carbons (Fsp3) is 0.391. The van der Waals surface area contributed by atoms with Gasteiger partial charge < -0.3 is 20.7 Å². The molecular formula is C23H30IN6O3P. The number of benzene rings is 1. The average molecular weight is 596 g/mol. The van der Waals surface area contributed by atoms with Gasteiger partial charge in [-0.25, -0.2) is 9.44 Å². The molecule has 5 rings (SSSR count). The Bertz CT molecular complexity index is 1100. The molecule has 11 heteroatoms. The number of carbonyl (C=O) groups excluding carboxylic acids is 2. The van der Waals surface area contributed by atoms with Crippen LogP contribution in [-0.4, -0.2) is 51.4 Å². The van der Waals surface area contributed by atoms with Crippen molar-refractivity contribution in [3.05, 3.63) is 42.2 Å². The number of para-hydroxylation sites is 1. The minimum atomic E-state index is -0.153. The summed E-state index contributed by atoms with van der Waals surface area (Å²) in [6, 6.07) is 8.18. The first-order chi connectivity index (χ1) is 16.4. The number of fused-ring (bicyclic) bond motifs is 2. The van der Waals surface area contributed by atoms with Crippen molar-refractivity contribution in [1.82, 2.24) is 19.4 Å². The number of carbonyl (C=O) groups is 2. The predicted octanol–water partition coefficient (Wildman–Crippen LogP) is 4.26. The highest BCUT2D eigenvalue weighted by molar-refractivity contribution is 14.2. The molecule has 1 fully saturated rings. The Morgan fingerprint density at radius 1 is 1.38 bits per heavy atom. The van der Waals surface area contributed by atoms with Crippen molar-refractivity contribution in [2.45, 2.75) is 33.1 Å². The maximum atomic E-state index is 11.0. The number of nitrogens with zero attached hydrogens (tertiary/aromatic N) is 4. The predicted molar refractivity (Wildman–Crippen MR) is 146 cm³/mol. The van der Waals surface area contributed by atoms with Crippen LogP contribution in [0.1, 0.15) is 32.3 Å². The molecule has 0 bridgehead atoms. The minimum Gasteiger partial charge on any atom is -0.493 e. The highest BCUT2D eigenvalue weighted by atomic mass is 127. The molecule has 2 amide bonds. The van der Waals surface area contributed by atoms with Crippen LogP contribution in [-0.2, 0) is 16.0 Å². The van der Waals surface area contributed by atoms with Crippen LogP contribution in [0, 0.1) is 5.92 Å². The van der Waals surface area contributed by atoms with Crippen LogP contribution < -0.4 is 15.8 Å². The van der Waals surface area contributed by atoms with E-state index < -0.39 is 0 Å². The summed E-state index contributed by atoms with van der Waals surface area (Å²) < 4.78 is 7.07. The van der Waals surface area contributed by atoms with Crippen LogP contribution in [0.4, 0.5) is 11.5 Å². The normalized spacial score (nSPS) is 16.7. The van der Waals surface area contributed by atoms with Gasteiger partial charge in [0.25, 0.3) is 0 Å². The van der Waals surface area contributed by atoms with Gasteiger partial charge in [-0.15, -0.1) is 0 Å². The molecule has 4 heterocycles. The molecule has 3 aromatic rings. The van der Waals surface area contributed by atoms with E-state index in [0.717, 1.165) is 43.7 Å². The standard InChI is InChI=1S/C8H9IN5OP.C8H8O.C7H13NO/c1-4(15)12-6-2-11-8(10)5-3-14(16-9)13-7(5)6;1-2-4-8-7(3-1)5-6-9-8;1-7-3-2-4-8(5-7)6-9/h2-3,16H,1H3,(H2,10,11)(H,12,15);1-4H,5-6H2;6-7H,2-5H2,1H3. The summed E-state index contributed by atoms with van der Waals surface area (Å²) in [4.78, 5) is 27.1. The summed E-state index contributed by atoms with van der Waals surface area (Å²) in [5.74, 6) is 2.05. The zero-order valence-corrected chi connectivity index (χ0v) is 22.5. The molecule has 182 valence electrons. The quantitative estimate of drug-likeness (QED) is 0.265. The van der Waals surface area contributed by atoms with Gasteiger partial charge in [0.1, 0.15) is 17.1 Å². The number of hydrogen-bond donors (Lipinski definition) is 2. The second-order valence-corrected chi connectivity index (χ2v) is 10.3. The minimum absolute atomic E-state index is 0.153. The Hall–Kier alpha value is -2.46. The monoisotopic (exact) mass is 596 g/mol. The second-order valence-electron chi connectivity index (χ2n) is 8.21. The number of nitrogen functional groups attached to an aromatic ring is 1. The largest absolute Gasteiger partial charge is 0.493 e. The van der Waals surface area contributed by atoms with E-state index in [9.17, 15) is 9.59 Å².